The number of nitrogens with zero attached hydrogens (tertiary/aromatic N) is 6. The monoisotopic (exact) mass is 599 g/mol. The van der Waals surface area contributed by atoms with Crippen molar-refractivity contribution >= 4 is 28.5 Å². The van der Waals surface area contributed by atoms with Crippen LogP contribution in [0.3, 0.4) is 0 Å². The van der Waals surface area contributed by atoms with E-state index in [1.165, 1.54) is 38.8 Å². The summed E-state index contributed by atoms with van der Waals surface area (Å²) in [5, 5.41) is 17.1. The number of amidine groups is 1. The second-order valence-corrected chi connectivity index (χ2v) is 11.8. The van der Waals surface area contributed by atoms with Crippen LogP contribution in [0.25, 0.3) is 17.1 Å². The van der Waals surface area contributed by atoms with Crippen LogP contribution < -0.4 is 14.2 Å². The lowest BCUT2D eigenvalue weighted by Gasteiger charge is -2.25. The smallest absolute Gasteiger partial charge is 0.243 e. The zero-order chi connectivity index (χ0) is 31.0. The molecule has 2 N–H and O–H groups in total. The second kappa shape index (κ2) is 14.2. The van der Waals surface area contributed by atoms with Crippen molar-refractivity contribution in [3.8, 4) is 28.6 Å². The number of hydrogen-bond acceptors (Lipinski definition) is 10. The Morgan fingerprint density at radius 2 is 1.83 bits per heavy atom. The third-order valence-corrected chi connectivity index (χ3v) is 7.65. The summed E-state index contributed by atoms with van der Waals surface area (Å²) < 4.78 is 48.9. The number of benzene rings is 1. The van der Waals surface area contributed by atoms with Gasteiger partial charge in [-0.2, -0.15) is 0 Å². The van der Waals surface area contributed by atoms with E-state index in [4.69, 9.17) is 14.2 Å². The van der Waals surface area contributed by atoms with Crippen LogP contribution in [0.4, 0.5) is 5.95 Å². The Kier molecular flexibility index (Phi) is 10.9. The Morgan fingerprint density at radius 1 is 1.17 bits per heavy atom. The Balaban J connectivity index is 2.19. The average molecular weight is 600 g/mol. The van der Waals surface area contributed by atoms with Crippen LogP contribution in [0.15, 0.2) is 58.4 Å². The molecule has 13 nitrogen and oxygen atoms in total. The predicted molar refractivity (Wildman–Crippen MR) is 162 cm³/mol. The van der Waals surface area contributed by atoms with Crippen molar-refractivity contribution in [2.45, 2.75) is 52.1 Å². The highest BCUT2D eigenvalue weighted by Gasteiger charge is 2.36. The first-order valence-electron chi connectivity index (χ1n) is 13.0. The van der Waals surface area contributed by atoms with Gasteiger partial charge >= 0.3 is 0 Å². The molecule has 42 heavy (non-hydrogen) atoms. The van der Waals surface area contributed by atoms with Gasteiger partial charge in [-0.3, -0.25) is 14.3 Å². The molecule has 0 fully saturated rings. The summed E-state index contributed by atoms with van der Waals surface area (Å²) in [5.74, 6) is 0.961. The van der Waals surface area contributed by atoms with Crippen molar-refractivity contribution in [2.24, 2.45) is 9.98 Å². The highest BCUT2D eigenvalue weighted by molar-refractivity contribution is 7.93. The van der Waals surface area contributed by atoms with Gasteiger partial charge < -0.3 is 19.3 Å². The first kappa shape index (κ1) is 32.4. The molecule has 0 saturated heterocycles. The molecule has 3 rings (SSSR count). The number of para-hydroxylation sites is 1. The molecular formula is C28H37N7O6S. The molecule has 0 aliphatic carbocycles. The van der Waals surface area contributed by atoms with Gasteiger partial charge in [-0.1, -0.05) is 11.6 Å². The number of pyridine rings is 1. The third kappa shape index (κ3) is 7.57. The molecule has 0 radical (unpaired) electrons. The van der Waals surface area contributed by atoms with E-state index in [1.54, 1.807) is 30.6 Å². The topological polar surface area (TPSA) is 162 Å². The van der Waals surface area contributed by atoms with Crippen molar-refractivity contribution in [2.75, 3.05) is 25.5 Å². The van der Waals surface area contributed by atoms with Gasteiger partial charge in [0.1, 0.15) is 28.5 Å². The summed E-state index contributed by atoms with van der Waals surface area (Å²) in [7, 11) is -1.29. The Bertz CT molecular complexity index is 1540. The molecular weight excluding hydrogens is 562 g/mol. The van der Waals surface area contributed by atoms with Crippen LogP contribution in [-0.2, 0) is 14.8 Å². The average Bonchev–Trinajstić information content (AvgIpc) is 3.35. The van der Waals surface area contributed by atoms with Gasteiger partial charge in [0.2, 0.25) is 16.0 Å². The number of rotatable bonds is 13. The summed E-state index contributed by atoms with van der Waals surface area (Å²) in [6, 6.07) is 7.00. The molecule has 226 valence electrons. The fourth-order valence-corrected chi connectivity index (χ4v) is 5.02. The molecule has 2 aromatic heterocycles. The predicted octanol–water partition coefficient (Wildman–Crippen LogP) is 3.57. The van der Waals surface area contributed by atoms with E-state index in [2.05, 4.69) is 36.6 Å². The number of allylic oxidation sites excluding steroid dienone is 1. The van der Waals surface area contributed by atoms with Gasteiger partial charge in [0.05, 0.1) is 26.9 Å². The Hall–Kier alpha value is -4.14. The highest BCUT2D eigenvalue weighted by atomic mass is 32.2. The maximum atomic E-state index is 13.9. The van der Waals surface area contributed by atoms with E-state index >= 15 is 0 Å². The van der Waals surface area contributed by atoms with Crippen LogP contribution >= 0.6 is 0 Å². The molecule has 14 heteroatoms. The first-order chi connectivity index (χ1) is 19.9. The minimum Gasteiger partial charge on any atom is -0.494 e. The number of methoxy groups -OCH3 is 2. The Labute approximate surface area is 246 Å². The van der Waals surface area contributed by atoms with Crippen molar-refractivity contribution < 1.29 is 27.7 Å². The molecule has 0 saturated carbocycles. The molecule has 2 heterocycles. The fraction of sp³-hybridized carbons (Fsp3) is 0.393. The van der Waals surface area contributed by atoms with Gasteiger partial charge in [-0.05, 0) is 65.1 Å². The van der Waals surface area contributed by atoms with Crippen molar-refractivity contribution in [1.82, 2.24) is 19.7 Å². The zero-order valence-electron chi connectivity index (χ0n) is 24.8. The highest BCUT2D eigenvalue weighted by Crippen LogP contribution is 2.38. The van der Waals surface area contributed by atoms with E-state index < -0.39 is 27.5 Å². The molecule has 3 atom stereocenters. The molecule has 0 amide bonds. The van der Waals surface area contributed by atoms with E-state index in [9.17, 15) is 13.5 Å². The fourth-order valence-electron chi connectivity index (χ4n) is 3.92. The number of nitrogens with one attached hydrogen (secondary N) is 1. The number of hydrogen-bond donors (Lipinski definition) is 2. The zero-order valence-corrected chi connectivity index (χ0v) is 25.6. The van der Waals surface area contributed by atoms with E-state index in [0.717, 1.165) is 11.1 Å². The maximum Gasteiger partial charge on any atom is 0.243 e. The second-order valence-electron chi connectivity index (χ2n) is 9.75. The SMILES string of the molecule is C=NC(=NC=C(C)C)[C@@H](OC[C@@H](C)O)[C@H](C)S(=O)(=O)Nc1nnc(-c2cncc(C)c2)n1-c1c(OC)cccc1OC. The molecule has 0 unspecified atom stereocenters. The minimum absolute atomic E-state index is 0.0362. The number of aliphatic hydroxyl groups is 1. The van der Waals surface area contributed by atoms with E-state index in [0.29, 0.717) is 28.6 Å². The summed E-state index contributed by atoms with van der Waals surface area (Å²) in [4.78, 5) is 12.5. The van der Waals surface area contributed by atoms with Gasteiger partial charge in [0.25, 0.3) is 0 Å². The van der Waals surface area contributed by atoms with Crippen LogP contribution in [-0.4, -0.2) is 84.1 Å². The number of aromatic nitrogens is 4. The van der Waals surface area contributed by atoms with Crippen LogP contribution in [0, 0.1) is 6.92 Å². The number of sulfonamides is 1. The lowest BCUT2D eigenvalue weighted by Crippen LogP contribution is -2.43. The van der Waals surface area contributed by atoms with Gasteiger partial charge in [0, 0.05) is 24.2 Å². The lowest BCUT2D eigenvalue weighted by molar-refractivity contribution is 0.0248. The van der Waals surface area contributed by atoms with Gasteiger partial charge in [0.15, 0.2) is 11.7 Å². The number of aliphatic hydroxyl groups excluding tert-OH is 1. The molecule has 1 aromatic carbocycles. The minimum atomic E-state index is -4.27. The van der Waals surface area contributed by atoms with Crippen LogP contribution in [0.5, 0.6) is 11.5 Å². The number of aliphatic imine (C=N–C) groups is 2. The number of ether oxygens (including phenoxy) is 3. The standard InChI is InChI=1S/C28H37N7O6S/c1-17(2)13-31-26(29-6)25(41-16-19(4)36)20(5)42(37,38)34-28-33-32-27(21-12-18(3)14-30-15-21)35(28)24-22(39-7)10-9-11-23(24)40-8/h9-15,19-20,25,36H,6,16H2,1-5,7-8H3,(H,33,34)/t19-,20+,25+/m1/s1. The quantitative estimate of drug-likeness (QED) is 0.221. The van der Waals surface area contributed by atoms with Crippen LogP contribution in [0.2, 0.25) is 0 Å². The number of aryl methyl sites for hydroxylation is 1. The summed E-state index contributed by atoms with van der Waals surface area (Å²) in [6.07, 6.45) is 2.77. The van der Waals surface area contributed by atoms with Gasteiger partial charge in [-0.15, -0.1) is 10.2 Å². The van der Waals surface area contributed by atoms with Crippen molar-refractivity contribution in [3.63, 3.8) is 0 Å². The third-order valence-electron chi connectivity index (χ3n) is 5.96. The Morgan fingerprint density at radius 3 is 2.38 bits per heavy atom. The van der Waals surface area contributed by atoms with Crippen molar-refractivity contribution in [1.29, 1.82) is 0 Å². The maximum absolute atomic E-state index is 13.9. The van der Waals surface area contributed by atoms with Crippen LogP contribution in [0.1, 0.15) is 33.3 Å². The van der Waals surface area contributed by atoms with E-state index in [1.807, 2.05) is 26.8 Å². The molecule has 0 spiro atoms. The van der Waals surface area contributed by atoms with Crippen molar-refractivity contribution in [3.05, 3.63) is 54.0 Å². The normalized spacial score (nSPS) is 14.0. The summed E-state index contributed by atoms with van der Waals surface area (Å²) in [5.41, 5.74) is 2.67. The number of anilines is 1. The summed E-state index contributed by atoms with van der Waals surface area (Å²) >= 11 is 0. The largest absolute Gasteiger partial charge is 0.494 e. The lowest BCUT2D eigenvalue weighted by atomic mass is 10.2. The van der Waals surface area contributed by atoms with E-state index in [-0.39, 0.29) is 18.4 Å². The first-order valence-corrected chi connectivity index (χ1v) is 14.6. The summed E-state index contributed by atoms with van der Waals surface area (Å²) in [6.45, 7) is 11.9. The van der Waals surface area contributed by atoms with Gasteiger partial charge in [-0.25, -0.2) is 18.4 Å². The molecule has 0 aliphatic heterocycles. The molecule has 0 bridgehead atoms. The molecule has 3 aromatic rings. The molecule has 0 aliphatic rings.